The second-order valence-corrected chi connectivity index (χ2v) is 5.74. The van der Waals surface area contributed by atoms with Crippen molar-refractivity contribution in [2.75, 3.05) is 7.11 Å². The molecule has 0 saturated heterocycles. The summed E-state index contributed by atoms with van der Waals surface area (Å²) in [6.07, 6.45) is 3.32. The van der Waals surface area contributed by atoms with Gasteiger partial charge >= 0.3 is 0 Å². The summed E-state index contributed by atoms with van der Waals surface area (Å²) in [4.78, 5) is 0. The summed E-state index contributed by atoms with van der Waals surface area (Å²) in [5.41, 5.74) is 4.24. The van der Waals surface area contributed by atoms with Gasteiger partial charge in [-0.15, -0.1) is 0 Å². The summed E-state index contributed by atoms with van der Waals surface area (Å²) in [5.74, 6) is 0.979. The Kier molecular flexibility index (Phi) is 4.26. The first kappa shape index (κ1) is 14.2. The van der Waals surface area contributed by atoms with Crippen molar-refractivity contribution in [3.8, 4) is 5.75 Å². The fourth-order valence-corrected chi connectivity index (χ4v) is 3.34. The van der Waals surface area contributed by atoms with Crippen LogP contribution in [-0.2, 0) is 12.8 Å². The van der Waals surface area contributed by atoms with Crippen molar-refractivity contribution in [3.05, 3.63) is 65.2 Å². The van der Waals surface area contributed by atoms with Gasteiger partial charge in [0.25, 0.3) is 0 Å². The van der Waals surface area contributed by atoms with Crippen LogP contribution in [0, 0.1) is 0 Å². The standard InChI is InChI=1S/C19H23NO/c1-3-18(17-10-6-7-11-19(17)21-2)20-16-12-14-8-4-5-9-15(14)13-16/h4-11,16,18,20H,3,12-13H2,1-2H3. The molecule has 1 N–H and O–H groups in total. The van der Waals surface area contributed by atoms with Crippen molar-refractivity contribution in [3.63, 3.8) is 0 Å². The summed E-state index contributed by atoms with van der Waals surface area (Å²) in [7, 11) is 1.75. The molecular weight excluding hydrogens is 258 g/mol. The highest BCUT2D eigenvalue weighted by atomic mass is 16.5. The van der Waals surface area contributed by atoms with Crippen molar-refractivity contribution in [2.45, 2.75) is 38.3 Å². The third kappa shape index (κ3) is 2.96. The molecule has 0 aliphatic heterocycles. The minimum atomic E-state index is 0.348. The molecular formula is C19H23NO. The fraction of sp³-hybridized carbons (Fsp3) is 0.368. The van der Waals surface area contributed by atoms with Gasteiger partial charge in [-0.3, -0.25) is 0 Å². The van der Waals surface area contributed by atoms with E-state index < -0.39 is 0 Å². The Hall–Kier alpha value is -1.80. The van der Waals surface area contributed by atoms with Crippen LogP contribution in [0.2, 0.25) is 0 Å². The van der Waals surface area contributed by atoms with E-state index >= 15 is 0 Å². The van der Waals surface area contributed by atoms with Gasteiger partial charge in [-0.05, 0) is 36.5 Å². The predicted octanol–water partition coefficient (Wildman–Crippen LogP) is 3.90. The Balaban J connectivity index is 1.74. The van der Waals surface area contributed by atoms with E-state index in [4.69, 9.17) is 4.74 Å². The average Bonchev–Trinajstić information content (AvgIpc) is 2.95. The number of hydrogen-bond donors (Lipinski definition) is 1. The number of ether oxygens (including phenoxy) is 1. The van der Waals surface area contributed by atoms with E-state index in [-0.39, 0.29) is 0 Å². The van der Waals surface area contributed by atoms with Crippen LogP contribution in [0.25, 0.3) is 0 Å². The zero-order valence-electron chi connectivity index (χ0n) is 12.8. The first-order chi connectivity index (χ1) is 10.3. The van der Waals surface area contributed by atoms with E-state index in [1.807, 2.05) is 12.1 Å². The van der Waals surface area contributed by atoms with Crippen LogP contribution >= 0.6 is 0 Å². The Morgan fingerprint density at radius 3 is 2.29 bits per heavy atom. The van der Waals surface area contributed by atoms with Gasteiger partial charge in [0.2, 0.25) is 0 Å². The summed E-state index contributed by atoms with van der Waals surface area (Å²) < 4.78 is 5.51. The van der Waals surface area contributed by atoms with Gasteiger partial charge < -0.3 is 10.1 Å². The second-order valence-electron chi connectivity index (χ2n) is 5.74. The number of fused-ring (bicyclic) bond motifs is 1. The maximum absolute atomic E-state index is 5.51. The van der Waals surface area contributed by atoms with Crippen LogP contribution < -0.4 is 10.1 Å². The van der Waals surface area contributed by atoms with Gasteiger partial charge in [0.1, 0.15) is 5.75 Å². The molecule has 1 unspecified atom stereocenters. The molecule has 2 nitrogen and oxygen atoms in total. The molecule has 1 atom stereocenters. The Bertz CT molecular complexity index is 583. The molecule has 0 spiro atoms. The van der Waals surface area contributed by atoms with Crippen molar-refractivity contribution >= 4 is 0 Å². The normalized spacial score (nSPS) is 15.7. The SMILES string of the molecule is CCC(NC1Cc2ccccc2C1)c1ccccc1OC. The van der Waals surface area contributed by atoms with Crippen LogP contribution in [0.3, 0.4) is 0 Å². The first-order valence-electron chi connectivity index (χ1n) is 7.77. The molecule has 110 valence electrons. The van der Waals surface area contributed by atoms with Crippen LogP contribution in [0.5, 0.6) is 5.75 Å². The zero-order valence-corrected chi connectivity index (χ0v) is 12.8. The third-order valence-electron chi connectivity index (χ3n) is 4.41. The highest BCUT2D eigenvalue weighted by Crippen LogP contribution is 2.29. The summed E-state index contributed by atoms with van der Waals surface area (Å²) in [6, 6.07) is 18.0. The lowest BCUT2D eigenvalue weighted by atomic mass is 10.0. The number of rotatable bonds is 5. The molecule has 0 aromatic heterocycles. The van der Waals surface area contributed by atoms with Gasteiger partial charge in [-0.2, -0.15) is 0 Å². The molecule has 0 radical (unpaired) electrons. The number of nitrogens with one attached hydrogen (secondary N) is 1. The van der Waals surface area contributed by atoms with Gasteiger partial charge in [0.05, 0.1) is 7.11 Å². The molecule has 2 aromatic carbocycles. The smallest absolute Gasteiger partial charge is 0.123 e. The molecule has 21 heavy (non-hydrogen) atoms. The van der Waals surface area contributed by atoms with E-state index in [9.17, 15) is 0 Å². The topological polar surface area (TPSA) is 21.3 Å². The van der Waals surface area contributed by atoms with Gasteiger partial charge in [-0.25, -0.2) is 0 Å². The number of benzene rings is 2. The zero-order chi connectivity index (χ0) is 14.7. The minimum Gasteiger partial charge on any atom is -0.496 e. The van der Waals surface area contributed by atoms with E-state index in [0.717, 1.165) is 25.0 Å². The maximum Gasteiger partial charge on any atom is 0.123 e. The van der Waals surface area contributed by atoms with Crippen LogP contribution in [0.1, 0.15) is 36.1 Å². The number of para-hydroxylation sites is 1. The Morgan fingerprint density at radius 2 is 1.67 bits per heavy atom. The molecule has 0 bridgehead atoms. The largest absolute Gasteiger partial charge is 0.496 e. The highest BCUT2D eigenvalue weighted by molar-refractivity contribution is 5.37. The molecule has 3 rings (SSSR count). The summed E-state index contributed by atoms with van der Waals surface area (Å²) in [6.45, 7) is 2.23. The molecule has 0 saturated carbocycles. The van der Waals surface area contributed by atoms with E-state index in [1.165, 1.54) is 16.7 Å². The van der Waals surface area contributed by atoms with E-state index in [1.54, 1.807) is 7.11 Å². The number of hydrogen-bond acceptors (Lipinski definition) is 2. The molecule has 1 aliphatic carbocycles. The Labute approximate surface area is 127 Å². The lowest BCUT2D eigenvalue weighted by Gasteiger charge is -2.23. The molecule has 2 heteroatoms. The summed E-state index contributed by atoms with van der Waals surface area (Å²) in [5, 5.41) is 3.82. The third-order valence-corrected chi connectivity index (χ3v) is 4.41. The maximum atomic E-state index is 5.51. The fourth-order valence-electron chi connectivity index (χ4n) is 3.34. The first-order valence-corrected chi connectivity index (χ1v) is 7.77. The van der Waals surface area contributed by atoms with Crippen LogP contribution in [-0.4, -0.2) is 13.2 Å². The quantitative estimate of drug-likeness (QED) is 0.897. The monoisotopic (exact) mass is 281 g/mol. The number of methoxy groups -OCH3 is 1. The van der Waals surface area contributed by atoms with Gasteiger partial charge in [0.15, 0.2) is 0 Å². The van der Waals surface area contributed by atoms with Crippen LogP contribution in [0.4, 0.5) is 0 Å². The second kappa shape index (κ2) is 6.31. The van der Waals surface area contributed by atoms with Crippen molar-refractivity contribution in [1.29, 1.82) is 0 Å². The minimum absolute atomic E-state index is 0.348. The van der Waals surface area contributed by atoms with E-state index in [0.29, 0.717) is 12.1 Å². The van der Waals surface area contributed by atoms with Crippen molar-refractivity contribution in [2.24, 2.45) is 0 Å². The van der Waals surface area contributed by atoms with Crippen molar-refractivity contribution < 1.29 is 4.74 Å². The predicted molar refractivity (Wildman–Crippen MR) is 86.8 cm³/mol. The molecule has 2 aromatic rings. The lowest BCUT2D eigenvalue weighted by molar-refractivity contribution is 0.384. The highest BCUT2D eigenvalue weighted by Gasteiger charge is 2.24. The Morgan fingerprint density at radius 1 is 1.05 bits per heavy atom. The van der Waals surface area contributed by atoms with E-state index in [2.05, 4.69) is 48.6 Å². The molecule has 1 aliphatic rings. The molecule has 0 fully saturated rings. The summed E-state index contributed by atoms with van der Waals surface area (Å²) >= 11 is 0. The average molecular weight is 281 g/mol. The van der Waals surface area contributed by atoms with Crippen molar-refractivity contribution in [1.82, 2.24) is 5.32 Å². The lowest BCUT2D eigenvalue weighted by Crippen LogP contribution is -2.33. The molecule has 0 amide bonds. The van der Waals surface area contributed by atoms with Gasteiger partial charge in [-0.1, -0.05) is 49.4 Å². The van der Waals surface area contributed by atoms with Gasteiger partial charge in [0, 0.05) is 17.6 Å². The molecule has 0 heterocycles. The van der Waals surface area contributed by atoms with Crippen LogP contribution in [0.15, 0.2) is 48.5 Å².